The van der Waals surface area contributed by atoms with E-state index in [-0.39, 0.29) is 30.0 Å². The molecular formula is C25H25FN4O6S. The molecule has 0 aliphatic carbocycles. The molecule has 1 saturated heterocycles. The van der Waals surface area contributed by atoms with E-state index in [2.05, 4.69) is 10.6 Å². The monoisotopic (exact) mass is 528 g/mol. The molecule has 2 aromatic carbocycles. The van der Waals surface area contributed by atoms with Crippen molar-refractivity contribution in [2.24, 2.45) is 11.8 Å². The zero-order valence-corrected chi connectivity index (χ0v) is 20.9. The Morgan fingerprint density at radius 3 is 2.19 bits per heavy atom. The number of halogens is 1. The number of pyridine rings is 1. The Morgan fingerprint density at radius 1 is 0.973 bits per heavy atom. The number of sulfonamides is 1. The summed E-state index contributed by atoms with van der Waals surface area (Å²) in [5, 5.41) is 5.16. The van der Waals surface area contributed by atoms with Crippen LogP contribution in [0.4, 0.5) is 15.8 Å². The van der Waals surface area contributed by atoms with E-state index in [4.69, 9.17) is 4.74 Å². The lowest BCUT2D eigenvalue weighted by Gasteiger charge is -2.18. The topological polar surface area (TPSA) is 127 Å². The molecule has 2 atom stereocenters. The van der Waals surface area contributed by atoms with Crippen LogP contribution in [-0.2, 0) is 19.6 Å². The summed E-state index contributed by atoms with van der Waals surface area (Å²) >= 11 is 0. The van der Waals surface area contributed by atoms with Gasteiger partial charge in [0, 0.05) is 37.1 Å². The first-order valence-electron chi connectivity index (χ1n) is 11.3. The van der Waals surface area contributed by atoms with Crippen LogP contribution < -0.4 is 20.9 Å². The van der Waals surface area contributed by atoms with Gasteiger partial charge in [-0.3, -0.25) is 19.0 Å². The van der Waals surface area contributed by atoms with Gasteiger partial charge in [0.15, 0.2) is 0 Å². The summed E-state index contributed by atoms with van der Waals surface area (Å²) in [6.45, 7) is -0.429. The van der Waals surface area contributed by atoms with Gasteiger partial charge < -0.3 is 15.4 Å². The average Bonchev–Trinajstić information content (AvgIpc) is 3.33. The maximum absolute atomic E-state index is 14.9. The number of carbonyl (C=O) groups excluding carboxylic acids is 2. The quantitative estimate of drug-likeness (QED) is 0.484. The molecule has 3 aromatic rings. The molecule has 1 aliphatic rings. The Morgan fingerprint density at radius 2 is 1.62 bits per heavy atom. The second kappa shape index (κ2) is 10.5. The number of anilines is 2. The van der Waals surface area contributed by atoms with Crippen LogP contribution >= 0.6 is 0 Å². The maximum atomic E-state index is 14.9. The summed E-state index contributed by atoms with van der Waals surface area (Å²) in [6, 6.07) is 14.9. The largest absolute Gasteiger partial charge is 0.497 e. The highest BCUT2D eigenvalue weighted by atomic mass is 32.2. The fraction of sp³-hybridized carbons (Fsp3) is 0.240. The van der Waals surface area contributed by atoms with Gasteiger partial charge in [-0.25, -0.2) is 17.1 Å². The fourth-order valence-electron chi connectivity index (χ4n) is 4.10. The number of benzene rings is 2. The molecule has 1 aliphatic heterocycles. The lowest BCUT2D eigenvalue weighted by Crippen LogP contribution is -2.35. The molecular weight excluding hydrogens is 503 g/mol. The second-order valence-corrected chi connectivity index (χ2v) is 10.6. The van der Waals surface area contributed by atoms with Crippen molar-refractivity contribution in [3.8, 4) is 11.4 Å². The van der Waals surface area contributed by atoms with Crippen molar-refractivity contribution in [3.05, 3.63) is 83.0 Å². The fourth-order valence-corrected chi connectivity index (χ4v) is 4.96. The number of amides is 2. The van der Waals surface area contributed by atoms with Crippen LogP contribution in [0, 0.1) is 17.7 Å². The molecule has 10 nitrogen and oxygen atoms in total. The molecule has 2 amide bonds. The molecule has 1 fully saturated rings. The number of rotatable bonds is 7. The second-order valence-electron chi connectivity index (χ2n) is 8.57. The summed E-state index contributed by atoms with van der Waals surface area (Å²) in [5.41, 5.74) is 0.198. The number of hydrogen-bond donors (Lipinski definition) is 2. The minimum atomic E-state index is -3.69. The van der Waals surface area contributed by atoms with Gasteiger partial charge in [-0.1, -0.05) is 6.07 Å². The number of nitrogens with zero attached hydrogens (tertiary/aromatic N) is 2. The SMILES string of the molecule is COc1ccc(NC(=O)[C@H]2CN(S(C)(=O)=O)C[C@@H]2C(=O)Nc2ccc(-n3ccccc3=O)cc2F)cc1. The van der Waals surface area contributed by atoms with E-state index in [0.717, 1.165) is 16.6 Å². The van der Waals surface area contributed by atoms with E-state index in [1.54, 1.807) is 36.4 Å². The van der Waals surface area contributed by atoms with Gasteiger partial charge in [0.1, 0.15) is 11.6 Å². The van der Waals surface area contributed by atoms with E-state index >= 15 is 0 Å². The van der Waals surface area contributed by atoms with Crippen molar-refractivity contribution in [1.29, 1.82) is 0 Å². The standard InChI is InChI=1S/C25H25FN4O6S/c1-36-18-9-6-16(7-10-18)27-24(32)19-14-29(37(2,34)35)15-20(19)25(33)28-22-11-8-17(13-21(22)26)30-12-4-3-5-23(30)31/h3-13,19-20H,14-15H2,1-2H3,(H,27,32)(H,28,33)/t19-,20-/m0/s1. The maximum Gasteiger partial charge on any atom is 0.255 e. The molecule has 1 aromatic heterocycles. The van der Waals surface area contributed by atoms with Crippen molar-refractivity contribution < 1.29 is 27.1 Å². The molecule has 37 heavy (non-hydrogen) atoms. The molecule has 0 saturated carbocycles. The first kappa shape index (κ1) is 26.0. The van der Waals surface area contributed by atoms with E-state index in [1.165, 1.54) is 36.1 Å². The van der Waals surface area contributed by atoms with Crippen LogP contribution in [0.25, 0.3) is 5.69 Å². The van der Waals surface area contributed by atoms with Crippen molar-refractivity contribution >= 4 is 33.2 Å². The minimum Gasteiger partial charge on any atom is -0.497 e. The lowest BCUT2D eigenvalue weighted by atomic mass is 9.94. The molecule has 2 heterocycles. The smallest absolute Gasteiger partial charge is 0.255 e. The highest BCUT2D eigenvalue weighted by Crippen LogP contribution is 2.29. The molecule has 0 radical (unpaired) electrons. The van der Waals surface area contributed by atoms with Crippen LogP contribution in [-0.4, -0.2) is 55.6 Å². The molecule has 0 unspecified atom stereocenters. The van der Waals surface area contributed by atoms with E-state index in [0.29, 0.717) is 11.4 Å². The highest BCUT2D eigenvalue weighted by Gasteiger charge is 2.45. The number of nitrogens with one attached hydrogen (secondary N) is 2. The molecule has 2 N–H and O–H groups in total. The van der Waals surface area contributed by atoms with Crippen molar-refractivity contribution in [2.75, 3.05) is 37.1 Å². The number of hydrogen-bond acceptors (Lipinski definition) is 6. The zero-order valence-electron chi connectivity index (χ0n) is 20.0. The van der Waals surface area contributed by atoms with Gasteiger partial charge in [-0.15, -0.1) is 0 Å². The third-order valence-electron chi connectivity index (χ3n) is 6.10. The van der Waals surface area contributed by atoms with Gasteiger partial charge >= 0.3 is 0 Å². The Balaban J connectivity index is 1.54. The molecule has 0 bridgehead atoms. The average molecular weight is 529 g/mol. The molecule has 4 rings (SSSR count). The highest BCUT2D eigenvalue weighted by molar-refractivity contribution is 7.88. The Kier molecular flexibility index (Phi) is 7.41. The van der Waals surface area contributed by atoms with Crippen molar-refractivity contribution in [2.45, 2.75) is 0 Å². The normalized spacial score (nSPS) is 17.8. The van der Waals surface area contributed by atoms with E-state index < -0.39 is 39.5 Å². The van der Waals surface area contributed by atoms with Crippen LogP contribution in [0.1, 0.15) is 0 Å². The van der Waals surface area contributed by atoms with Crippen LogP contribution in [0.2, 0.25) is 0 Å². The Labute approximate surface area is 212 Å². The lowest BCUT2D eigenvalue weighted by molar-refractivity contribution is -0.127. The summed E-state index contributed by atoms with van der Waals surface area (Å²) in [6.07, 6.45) is 2.48. The van der Waals surface area contributed by atoms with Crippen LogP contribution in [0.3, 0.4) is 0 Å². The predicted octanol–water partition coefficient (Wildman–Crippen LogP) is 2.07. The number of carbonyl (C=O) groups is 2. The minimum absolute atomic E-state index is 0.162. The summed E-state index contributed by atoms with van der Waals surface area (Å²) in [7, 11) is -2.18. The molecule has 0 spiro atoms. The van der Waals surface area contributed by atoms with Gasteiger partial charge in [0.2, 0.25) is 21.8 Å². The number of aromatic nitrogens is 1. The van der Waals surface area contributed by atoms with Gasteiger partial charge in [-0.2, -0.15) is 0 Å². The number of methoxy groups -OCH3 is 1. The van der Waals surface area contributed by atoms with E-state index in [9.17, 15) is 27.2 Å². The molecule has 12 heteroatoms. The Hall–Kier alpha value is -4.03. The van der Waals surface area contributed by atoms with Crippen LogP contribution in [0.15, 0.2) is 71.7 Å². The van der Waals surface area contributed by atoms with Gasteiger partial charge in [0.25, 0.3) is 5.56 Å². The first-order valence-corrected chi connectivity index (χ1v) is 13.1. The summed E-state index contributed by atoms with van der Waals surface area (Å²) in [5.74, 6) is -3.53. The zero-order chi connectivity index (χ0) is 26.7. The van der Waals surface area contributed by atoms with Crippen molar-refractivity contribution in [3.63, 3.8) is 0 Å². The Bertz CT molecular complexity index is 1490. The third kappa shape index (κ3) is 5.87. The third-order valence-corrected chi connectivity index (χ3v) is 7.33. The van der Waals surface area contributed by atoms with Gasteiger partial charge in [0.05, 0.1) is 36.6 Å². The van der Waals surface area contributed by atoms with Crippen LogP contribution in [0.5, 0.6) is 5.75 Å². The summed E-state index contributed by atoms with van der Waals surface area (Å²) in [4.78, 5) is 38.2. The predicted molar refractivity (Wildman–Crippen MR) is 136 cm³/mol. The van der Waals surface area contributed by atoms with Gasteiger partial charge in [-0.05, 0) is 42.5 Å². The summed E-state index contributed by atoms with van der Waals surface area (Å²) < 4.78 is 46.6. The number of ether oxygens (including phenoxy) is 1. The van der Waals surface area contributed by atoms with E-state index in [1.807, 2.05) is 0 Å². The molecule has 194 valence electrons. The van der Waals surface area contributed by atoms with Crippen molar-refractivity contribution in [1.82, 2.24) is 8.87 Å². The first-order chi connectivity index (χ1) is 17.6.